The minimum atomic E-state index is -0.735. The standard InChI is InChI=1S/C13H18N2O4/c16-12(17)9-3-5-10(6-4-9)15-13(18)14-8-11-2-1-7-19-11/h1-2,7,9-10H,3-6,8H2,(H,16,17)(H2,14,15,18). The van der Waals surface area contributed by atoms with Gasteiger partial charge >= 0.3 is 12.0 Å². The van der Waals surface area contributed by atoms with Crippen molar-refractivity contribution in [1.82, 2.24) is 10.6 Å². The van der Waals surface area contributed by atoms with Crippen molar-refractivity contribution in [1.29, 1.82) is 0 Å². The zero-order valence-corrected chi connectivity index (χ0v) is 10.6. The Hall–Kier alpha value is -1.98. The number of carboxylic acids is 1. The molecule has 0 unspecified atom stereocenters. The number of carbonyl (C=O) groups excluding carboxylic acids is 1. The Kier molecular flexibility index (Phi) is 4.43. The highest BCUT2D eigenvalue weighted by Crippen LogP contribution is 2.24. The van der Waals surface area contributed by atoms with Gasteiger partial charge in [0.15, 0.2) is 0 Å². The predicted octanol–water partition coefficient (Wildman–Crippen LogP) is 1.72. The molecule has 0 radical (unpaired) electrons. The van der Waals surface area contributed by atoms with Crippen LogP contribution in [-0.2, 0) is 11.3 Å². The summed E-state index contributed by atoms with van der Waals surface area (Å²) in [6.07, 6.45) is 4.23. The first kappa shape index (κ1) is 13.5. The first-order valence-electron chi connectivity index (χ1n) is 6.44. The van der Waals surface area contributed by atoms with Crippen LogP contribution in [0, 0.1) is 5.92 Å². The summed E-state index contributed by atoms with van der Waals surface area (Å²) < 4.78 is 5.11. The van der Waals surface area contributed by atoms with E-state index in [0.717, 1.165) is 0 Å². The van der Waals surface area contributed by atoms with Gasteiger partial charge in [0.25, 0.3) is 0 Å². The fourth-order valence-electron chi connectivity index (χ4n) is 2.30. The third-order valence-corrected chi connectivity index (χ3v) is 3.41. The molecule has 0 aromatic carbocycles. The maximum absolute atomic E-state index is 11.6. The molecule has 1 aromatic rings. The predicted molar refractivity (Wildman–Crippen MR) is 67.5 cm³/mol. The summed E-state index contributed by atoms with van der Waals surface area (Å²) in [4.78, 5) is 22.4. The van der Waals surface area contributed by atoms with Crippen molar-refractivity contribution in [2.45, 2.75) is 38.3 Å². The second kappa shape index (κ2) is 6.26. The van der Waals surface area contributed by atoms with Gasteiger partial charge in [-0.2, -0.15) is 0 Å². The van der Waals surface area contributed by atoms with E-state index in [4.69, 9.17) is 9.52 Å². The molecule has 104 valence electrons. The lowest BCUT2D eigenvalue weighted by Crippen LogP contribution is -2.43. The number of urea groups is 1. The molecular formula is C13H18N2O4. The Morgan fingerprint density at radius 2 is 2.05 bits per heavy atom. The Morgan fingerprint density at radius 1 is 1.32 bits per heavy atom. The maximum atomic E-state index is 11.6. The zero-order valence-electron chi connectivity index (χ0n) is 10.6. The average Bonchev–Trinajstić information content (AvgIpc) is 2.90. The van der Waals surface area contributed by atoms with Crippen molar-refractivity contribution in [2.75, 3.05) is 0 Å². The summed E-state index contributed by atoms with van der Waals surface area (Å²) in [6, 6.07) is 3.38. The van der Waals surface area contributed by atoms with Crippen molar-refractivity contribution >= 4 is 12.0 Å². The molecule has 19 heavy (non-hydrogen) atoms. The number of carbonyl (C=O) groups is 2. The molecule has 2 rings (SSSR count). The number of hydrogen-bond acceptors (Lipinski definition) is 3. The quantitative estimate of drug-likeness (QED) is 0.773. The topological polar surface area (TPSA) is 91.6 Å². The summed E-state index contributed by atoms with van der Waals surface area (Å²) in [5.41, 5.74) is 0. The minimum absolute atomic E-state index is 0.0622. The van der Waals surface area contributed by atoms with Crippen molar-refractivity contribution < 1.29 is 19.1 Å². The summed E-state index contributed by atoms with van der Waals surface area (Å²) >= 11 is 0. The summed E-state index contributed by atoms with van der Waals surface area (Å²) in [5, 5.41) is 14.4. The number of rotatable bonds is 4. The molecule has 0 atom stereocenters. The van der Waals surface area contributed by atoms with Gasteiger partial charge in [-0.15, -0.1) is 0 Å². The van der Waals surface area contributed by atoms with Crippen LogP contribution in [0.1, 0.15) is 31.4 Å². The third-order valence-electron chi connectivity index (χ3n) is 3.41. The van der Waals surface area contributed by atoms with Gasteiger partial charge in [0.05, 0.1) is 18.7 Å². The van der Waals surface area contributed by atoms with Gasteiger partial charge in [-0.3, -0.25) is 4.79 Å². The van der Waals surface area contributed by atoms with Crippen molar-refractivity contribution in [2.24, 2.45) is 5.92 Å². The Bertz CT molecular complexity index is 422. The van der Waals surface area contributed by atoms with E-state index in [1.165, 1.54) is 0 Å². The van der Waals surface area contributed by atoms with E-state index in [0.29, 0.717) is 38.0 Å². The molecule has 1 aromatic heterocycles. The molecular weight excluding hydrogens is 248 g/mol. The van der Waals surface area contributed by atoms with E-state index < -0.39 is 5.97 Å². The van der Waals surface area contributed by atoms with Gasteiger partial charge in [0.1, 0.15) is 5.76 Å². The molecule has 0 bridgehead atoms. The van der Waals surface area contributed by atoms with Gasteiger partial charge in [-0.25, -0.2) is 4.79 Å². The SMILES string of the molecule is O=C(NCc1ccco1)NC1CCC(C(=O)O)CC1. The smallest absolute Gasteiger partial charge is 0.315 e. The molecule has 0 aliphatic heterocycles. The number of nitrogens with one attached hydrogen (secondary N) is 2. The van der Waals surface area contributed by atoms with Crippen LogP contribution in [-0.4, -0.2) is 23.1 Å². The molecule has 1 fully saturated rings. The highest BCUT2D eigenvalue weighted by atomic mass is 16.4. The molecule has 2 amide bonds. The molecule has 1 aliphatic rings. The number of carboxylic acid groups (broad SMARTS) is 1. The monoisotopic (exact) mass is 266 g/mol. The Labute approximate surface area is 111 Å². The summed E-state index contributed by atoms with van der Waals surface area (Å²) in [5.74, 6) is -0.297. The maximum Gasteiger partial charge on any atom is 0.315 e. The summed E-state index contributed by atoms with van der Waals surface area (Å²) in [7, 11) is 0. The summed E-state index contributed by atoms with van der Waals surface area (Å²) in [6.45, 7) is 0.351. The van der Waals surface area contributed by atoms with E-state index in [-0.39, 0.29) is 18.0 Å². The van der Waals surface area contributed by atoms with E-state index in [9.17, 15) is 9.59 Å². The lowest BCUT2D eigenvalue weighted by atomic mass is 9.86. The van der Waals surface area contributed by atoms with Gasteiger partial charge < -0.3 is 20.2 Å². The van der Waals surface area contributed by atoms with Gasteiger partial charge in [0, 0.05) is 6.04 Å². The van der Waals surface area contributed by atoms with Crippen LogP contribution >= 0.6 is 0 Å². The van der Waals surface area contributed by atoms with Crippen LogP contribution in [0.3, 0.4) is 0 Å². The number of hydrogen-bond donors (Lipinski definition) is 3. The largest absolute Gasteiger partial charge is 0.481 e. The van der Waals surface area contributed by atoms with E-state index in [1.807, 2.05) is 0 Å². The van der Waals surface area contributed by atoms with Crippen LogP contribution in [0.4, 0.5) is 4.79 Å². The van der Waals surface area contributed by atoms with E-state index >= 15 is 0 Å². The third kappa shape index (κ3) is 4.01. The molecule has 1 aliphatic carbocycles. The number of furan rings is 1. The second-order valence-electron chi connectivity index (χ2n) is 4.79. The van der Waals surface area contributed by atoms with Crippen molar-refractivity contribution in [3.05, 3.63) is 24.2 Å². The lowest BCUT2D eigenvalue weighted by Gasteiger charge is -2.26. The number of aliphatic carboxylic acids is 1. The van der Waals surface area contributed by atoms with Crippen molar-refractivity contribution in [3.8, 4) is 0 Å². The molecule has 6 heteroatoms. The van der Waals surface area contributed by atoms with Crippen LogP contribution < -0.4 is 10.6 Å². The number of amides is 2. The lowest BCUT2D eigenvalue weighted by molar-refractivity contribution is -0.142. The fraction of sp³-hybridized carbons (Fsp3) is 0.538. The van der Waals surface area contributed by atoms with Gasteiger partial charge in [0.2, 0.25) is 0 Å². The van der Waals surface area contributed by atoms with Gasteiger partial charge in [-0.1, -0.05) is 0 Å². The molecule has 1 heterocycles. The Balaban J connectivity index is 1.67. The van der Waals surface area contributed by atoms with Crippen LogP contribution in [0.25, 0.3) is 0 Å². The Morgan fingerprint density at radius 3 is 2.63 bits per heavy atom. The highest BCUT2D eigenvalue weighted by Gasteiger charge is 2.26. The van der Waals surface area contributed by atoms with Crippen LogP contribution in [0.15, 0.2) is 22.8 Å². The highest BCUT2D eigenvalue weighted by molar-refractivity contribution is 5.74. The van der Waals surface area contributed by atoms with Gasteiger partial charge in [-0.05, 0) is 37.8 Å². The van der Waals surface area contributed by atoms with Crippen LogP contribution in [0.5, 0.6) is 0 Å². The molecule has 1 saturated carbocycles. The van der Waals surface area contributed by atoms with Crippen LogP contribution in [0.2, 0.25) is 0 Å². The van der Waals surface area contributed by atoms with E-state index in [2.05, 4.69) is 10.6 Å². The minimum Gasteiger partial charge on any atom is -0.481 e. The molecule has 6 nitrogen and oxygen atoms in total. The molecule has 3 N–H and O–H groups in total. The zero-order chi connectivity index (χ0) is 13.7. The average molecular weight is 266 g/mol. The fourth-order valence-corrected chi connectivity index (χ4v) is 2.30. The molecule has 0 spiro atoms. The molecule has 0 saturated heterocycles. The first-order chi connectivity index (χ1) is 9.15. The normalized spacial score (nSPS) is 22.7. The van der Waals surface area contributed by atoms with E-state index in [1.54, 1.807) is 18.4 Å². The first-order valence-corrected chi connectivity index (χ1v) is 6.44. The van der Waals surface area contributed by atoms with Crippen molar-refractivity contribution in [3.63, 3.8) is 0 Å². The second-order valence-corrected chi connectivity index (χ2v) is 4.79.